The zero-order valence-corrected chi connectivity index (χ0v) is 13.6. The molecule has 2 N–H and O–H groups in total. The SMILES string of the molecule is Cc1nc(-c2cc(O)c(O)c([N+](=O)[O-])c2C(=O)C2CCCCC2)no1. The number of aryl methyl sites for hydroxylation is 1. The first kappa shape index (κ1) is 16.9. The van der Waals surface area contributed by atoms with Crippen LogP contribution in [0.15, 0.2) is 10.6 Å². The second-order valence-corrected chi connectivity index (χ2v) is 6.11. The monoisotopic (exact) mass is 347 g/mol. The molecule has 132 valence electrons. The van der Waals surface area contributed by atoms with E-state index < -0.39 is 27.9 Å². The maximum absolute atomic E-state index is 13.0. The molecule has 1 heterocycles. The molecule has 25 heavy (non-hydrogen) atoms. The molecule has 1 aliphatic carbocycles. The molecule has 0 saturated heterocycles. The minimum absolute atomic E-state index is 0.0191. The highest BCUT2D eigenvalue weighted by molar-refractivity contribution is 6.08. The van der Waals surface area contributed by atoms with Crippen LogP contribution in [0.2, 0.25) is 0 Å². The van der Waals surface area contributed by atoms with Gasteiger partial charge in [0, 0.05) is 18.4 Å². The zero-order chi connectivity index (χ0) is 18.1. The highest BCUT2D eigenvalue weighted by atomic mass is 16.6. The van der Waals surface area contributed by atoms with Gasteiger partial charge in [-0.15, -0.1) is 0 Å². The number of nitro benzene ring substituents is 1. The van der Waals surface area contributed by atoms with Crippen molar-refractivity contribution in [1.29, 1.82) is 0 Å². The Hall–Kier alpha value is -2.97. The number of phenols is 2. The Kier molecular flexibility index (Phi) is 4.39. The third kappa shape index (κ3) is 3.04. The van der Waals surface area contributed by atoms with Crippen LogP contribution >= 0.6 is 0 Å². The lowest BCUT2D eigenvalue weighted by molar-refractivity contribution is -0.386. The summed E-state index contributed by atoms with van der Waals surface area (Å²) in [6.45, 7) is 1.54. The van der Waals surface area contributed by atoms with Crippen LogP contribution in [0.4, 0.5) is 5.69 Å². The van der Waals surface area contributed by atoms with E-state index in [1.165, 1.54) is 6.92 Å². The van der Waals surface area contributed by atoms with Crippen molar-refractivity contribution in [3.63, 3.8) is 0 Å². The number of ketones is 1. The van der Waals surface area contributed by atoms with E-state index in [1.54, 1.807) is 0 Å². The minimum Gasteiger partial charge on any atom is -0.504 e. The van der Waals surface area contributed by atoms with Gasteiger partial charge in [-0.2, -0.15) is 4.98 Å². The van der Waals surface area contributed by atoms with Gasteiger partial charge in [-0.3, -0.25) is 14.9 Å². The average molecular weight is 347 g/mol. The number of nitro groups is 1. The van der Waals surface area contributed by atoms with Gasteiger partial charge in [0.15, 0.2) is 11.5 Å². The highest BCUT2D eigenvalue weighted by Gasteiger charge is 2.36. The molecular weight excluding hydrogens is 330 g/mol. The summed E-state index contributed by atoms with van der Waals surface area (Å²) >= 11 is 0. The first-order valence-electron chi connectivity index (χ1n) is 7.98. The van der Waals surface area contributed by atoms with Gasteiger partial charge in [-0.25, -0.2) is 0 Å². The quantitative estimate of drug-likeness (QED) is 0.372. The van der Waals surface area contributed by atoms with E-state index in [1.807, 2.05) is 0 Å². The van der Waals surface area contributed by atoms with E-state index in [0.717, 1.165) is 25.3 Å². The third-order valence-corrected chi connectivity index (χ3v) is 4.43. The molecule has 0 bridgehead atoms. The Morgan fingerprint density at radius 2 is 2.00 bits per heavy atom. The lowest BCUT2D eigenvalue weighted by atomic mass is 9.82. The van der Waals surface area contributed by atoms with Gasteiger partial charge in [0.1, 0.15) is 5.56 Å². The molecule has 0 aliphatic heterocycles. The number of carbonyl (C=O) groups excluding carboxylic acids is 1. The Labute approximate surface area is 142 Å². The Morgan fingerprint density at radius 3 is 2.56 bits per heavy atom. The van der Waals surface area contributed by atoms with E-state index in [9.17, 15) is 25.1 Å². The summed E-state index contributed by atoms with van der Waals surface area (Å²) < 4.78 is 4.88. The van der Waals surface area contributed by atoms with Crippen molar-refractivity contribution in [2.45, 2.75) is 39.0 Å². The summed E-state index contributed by atoms with van der Waals surface area (Å²) in [5.74, 6) is -2.31. The average Bonchev–Trinajstić information content (AvgIpc) is 3.03. The Bertz CT molecular complexity index is 839. The fourth-order valence-electron chi connectivity index (χ4n) is 3.23. The van der Waals surface area contributed by atoms with Crippen molar-refractivity contribution in [3.8, 4) is 22.9 Å². The van der Waals surface area contributed by atoms with E-state index >= 15 is 0 Å². The van der Waals surface area contributed by atoms with E-state index in [0.29, 0.717) is 12.8 Å². The molecule has 0 radical (unpaired) electrons. The predicted octanol–water partition coefficient (Wildman–Crippen LogP) is 3.13. The molecule has 0 amide bonds. The second kappa shape index (κ2) is 6.50. The number of nitrogens with zero attached hydrogens (tertiary/aromatic N) is 3. The standard InChI is InChI=1S/C16H17N3O6/c1-8-17-16(18-25-8)10-7-11(20)15(22)13(19(23)24)12(10)14(21)9-5-3-2-4-6-9/h7,9,20,22H,2-6H2,1H3. The topological polar surface area (TPSA) is 140 Å². The van der Waals surface area contributed by atoms with Crippen LogP contribution in [-0.2, 0) is 0 Å². The number of benzene rings is 1. The van der Waals surface area contributed by atoms with Crippen LogP contribution in [0.3, 0.4) is 0 Å². The number of rotatable bonds is 4. The largest absolute Gasteiger partial charge is 0.504 e. The maximum Gasteiger partial charge on any atom is 0.326 e. The molecule has 1 aromatic carbocycles. The normalized spacial score (nSPS) is 15.2. The molecular formula is C16H17N3O6. The van der Waals surface area contributed by atoms with Gasteiger partial charge in [0.25, 0.3) is 0 Å². The number of hydrogen-bond donors (Lipinski definition) is 2. The third-order valence-electron chi connectivity index (χ3n) is 4.43. The number of aromatic nitrogens is 2. The van der Waals surface area contributed by atoms with Crippen molar-refractivity contribution < 1.29 is 24.5 Å². The van der Waals surface area contributed by atoms with Crippen LogP contribution in [-0.4, -0.2) is 31.1 Å². The fourth-order valence-corrected chi connectivity index (χ4v) is 3.23. The summed E-state index contributed by atoms with van der Waals surface area (Å²) in [7, 11) is 0. The van der Waals surface area contributed by atoms with Crippen LogP contribution in [0.5, 0.6) is 11.5 Å². The first-order chi connectivity index (χ1) is 11.9. The number of carbonyl (C=O) groups is 1. The van der Waals surface area contributed by atoms with Gasteiger partial charge in [0.05, 0.1) is 4.92 Å². The summed E-state index contributed by atoms with van der Waals surface area (Å²) in [5.41, 5.74) is -1.13. The fraction of sp³-hybridized carbons (Fsp3) is 0.438. The van der Waals surface area contributed by atoms with Gasteiger partial charge in [0.2, 0.25) is 17.5 Å². The van der Waals surface area contributed by atoms with Crippen LogP contribution in [0.25, 0.3) is 11.4 Å². The number of aromatic hydroxyl groups is 2. The summed E-state index contributed by atoms with van der Waals surface area (Å²) in [4.78, 5) is 27.6. The van der Waals surface area contributed by atoms with E-state index in [4.69, 9.17) is 4.52 Å². The van der Waals surface area contributed by atoms with Gasteiger partial charge in [-0.1, -0.05) is 24.4 Å². The number of phenolic OH excluding ortho intramolecular Hbond substituents is 2. The Morgan fingerprint density at radius 1 is 1.32 bits per heavy atom. The lowest BCUT2D eigenvalue weighted by Gasteiger charge is -2.21. The van der Waals surface area contributed by atoms with Crippen molar-refractivity contribution in [2.75, 3.05) is 0 Å². The molecule has 0 spiro atoms. The predicted molar refractivity (Wildman–Crippen MR) is 85.4 cm³/mol. The number of hydrogen-bond acceptors (Lipinski definition) is 8. The molecule has 3 rings (SSSR count). The van der Waals surface area contributed by atoms with Crippen molar-refractivity contribution in [1.82, 2.24) is 10.1 Å². The van der Waals surface area contributed by atoms with Crippen molar-refractivity contribution >= 4 is 11.5 Å². The highest BCUT2D eigenvalue weighted by Crippen LogP contribution is 2.45. The van der Waals surface area contributed by atoms with Gasteiger partial charge >= 0.3 is 5.69 Å². The Balaban J connectivity index is 2.23. The smallest absolute Gasteiger partial charge is 0.326 e. The molecule has 9 heteroatoms. The summed E-state index contributed by atoms with van der Waals surface area (Å²) in [6.07, 6.45) is 4.00. The molecule has 0 atom stereocenters. The van der Waals surface area contributed by atoms with Crippen LogP contribution in [0.1, 0.15) is 48.4 Å². The van der Waals surface area contributed by atoms with Crippen LogP contribution in [0, 0.1) is 23.0 Å². The molecule has 2 aromatic rings. The van der Waals surface area contributed by atoms with Gasteiger partial charge < -0.3 is 14.7 Å². The second-order valence-electron chi connectivity index (χ2n) is 6.11. The number of Topliss-reactive ketones (excluding diaryl/α,β-unsaturated/α-hetero) is 1. The summed E-state index contributed by atoms with van der Waals surface area (Å²) in [5, 5.41) is 35.0. The minimum atomic E-state index is -0.937. The maximum atomic E-state index is 13.0. The lowest BCUT2D eigenvalue weighted by Crippen LogP contribution is -2.20. The molecule has 1 saturated carbocycles. The molecule has 9 nitrogen and oxygen atoms in total. The zero-order valence-electron chi connectivity index (χ0n) is 13.6. The molecule has 1 fully saturated rings. The van der Waals surface area contributed by atoms with E-state index in [-0.39, 0.29) is 28.8 Å². The van der Waals surface area contributed by atoms with Crippen LogP contribution < -0.4 is 0 Å². The van der Waals surface area contributed by atoms with Crippen molar-refractivity contribution in [2.24, 2.45) is 5.92 Å². The van der Waals surface area contributed by atoms with Crippen molar-refractivity contribution in [3.05, 3.63) is 27.6 Å². The summed E-state index contributed by atoms with van der Waals surface area (Å²) in [6, 6.07) is 1.06. The van der Waals surface area contributed by atoms with Gasteiger partial charge in [-0.05, 0) is 18.9 Å². The molecule has 0 unspecified atom stereocenters. The first-order valence-corrected chi connectivity index (χ1v) is 7.98. The molecule has 1 aromatic heterocycles. The van der Waals surface area contributed by atoms with E-state index in [2.05, 4.69) is 10.1 Å². The molecule has 1 aliphatic rings.